The smallest absolute Gasteiger partial charge is 0.187 e. The Morgan fingerprint density at radius 2 is 2.00 bits per heavy atom. The third-order valence-electron chi connectivity index (χ3n) is 2.39. The van der Waals surface area contributed by atoms with Gasteiger partial charge in [-0.05, 0) is 35.8 Å². The van der Waals surface area contributed by atoms with E-state index in [-0.39, 0.29) is 17.2 Å². The monoisotopic (exact) mass is 311 g/mol. The minimum Gasteiger partial charge on any atom is -0.357 e. The van der Waals surface area contributed by atoms with Gasteiger partial charge in [0.25, 0.3) is 0 Å². The number of hydrazone groups is 1. The lowest BCUT2D eigenvalue weighted by Gasteiger charge is -2.08. The molecule has 104 valence electrons. The van der Waals surface area contributed by atoms with Crippen LogP contribution < -0.4 is 10.7 Å². The van der Waals surface area contributed by atoms with Crippen molar-refractivity contribution in [3.05, 3.63) is 57.8 Å². The second-order valence-corrected chi connectivity index (χ2v) is 5.16. The number of halogens is 2. The van der Waals surface area contributed by atoms with Gasteiger partial charge >= 0.3 is 0 Å². The van der Waals surface area contributed by atoms with E-state index in [1.54, 1.807) is 6.21 Å². The number of nitrogens with one attached hydrogen (secondary N) is 2. The van der Waals surface area contributed by atoms with Crippen LogP contribution in [0.1, 0.15) is 10.4 Å². The standard InChI is InChI=1S/C13H11F2N3S2/c14-11-4-1-5-12(15)10(11)8-16-13(19)18-17-7-9-3-2-6-20-9/h1-7H,8H2,(H2,16,18,19)/b17-7+. The van der Waals surface area contributed by atoms with Gasteiger partial charge in [-0.3, -0.25) is 5.43 Å². The number of nitrogens with zero attached hydrogens (tertiary/aromatic N) is 1. The molecule has 0 unspecified atom stereocenters. The maximum atomic E-state index is 13.4. The molecule has 0 atom stereocenters. The molecule has 2 N–H and O–H groups in total. The number of hydrogen-bond donors (Lipinski definition) is 2. The topological polar surface area (TPSA) is 36.4 Å². The van der Waals surface area contributed by atoms with Gasteiger partial charge in [-0.1, -0.05) is 12.1 Å². The number of thiophene rings is 1. The average Bonchev–Trinajstić information content (AvgIpc) is 2.91. The highest BCUT2D eigenvalue weighted by Crippen LogP contribution is 2.11. The molecule has 1 heterocycles. The van der Waals surface area contributed by atoms with E-state index in [0.29, 0.717) is 0 Å². The normalized spacial score (nSPS) is 10.7. The van der Waals surface area contributed by atoms with E-state index in [1.165, 1.54) is 29.5 Å². The molecule has 0 aliphatic carbocycles. The largest absolute Gasteiger partial charge is 0.357 e. The van der Waals surface area contributed by atoms with Crippen LogP contribution in [0.15, 0.2) is 40.8 Å². The van der Waals surface area contributed by atoms with E-state index in [1.807, 2.05) is 17.5 Å². The highest BCUT2D eigenvalue weighted by molar-refractivity contribution is 7.80. The minimum absolute atomic E-state index is 0.0428. The Bertz CT molecular complexity index is 592. The van der Waals surface area contributed by atoms with Crippen LogP contribution in [0.5, 0.6) is 0 Å². The summed E-state index contributed by atoms with van der Waals surface area (Å²) in [6, 6.07) is 7.53. The summed E-state index contributed by atoms with van der Waals surface area (Å²) < 4.78 is 26.7. The molecule has 1 aromatic heterocycles. The Labute approximate surface area is 124 Å². The molecule has 7 heteroatoms. The van der Waals surface area contributed by atoms with E-state index < -0.39 is 11.6 Å². The van der Waals surface area contributed by atoms with E-state index in [4.69, 9.17) is 12.2 Å². The maximum Gasteiger partial charge on any atom is 0.187 e. The summed E-state index contributed by atoms with van der Waals surface area (Å²) in [6.07, 6.45) is 1.61. The first-order valence-corrected chi connectivity index (χ1v) is 6.99. The fourth-order valence-corrected chi connectivity index (χ4v) is 2.14. The summed E-state index contributed by atoms with van der Waals surface area (Å²) in [5.74, 6) is -1.22. The maximum absolute atomic E-state index is 13.4. The van der Waals surface area contributed by atoms with E-state index >= 15 is 0 Å². The van der Waals surface area contributed by atoms with Gasteiger partial charge in [-0.2, -0.15) is 5.10 Å². The van der Waals surface area contributed by atoms with Crippen LogP contribution in [0.25, 0.3) is 0 Å². The molecule has 2 rings (SSSR count). The van der Waals surface area contributed by atoms with Crippen LogP contribution in [-0.4, -0.2) is 11.3 Å². The first-order valence-electron chi connectivity index (χ1n) is 5.70. The first-order chi connectivity index (χ1) is 9.66. The molecule has 2 aromatic rings. The zero-order valence-corrected chi connectivity index (χ0v) is 11.9. The first kappa shape index (κ1) is 14.5. The predicted octanol–water partition coefficient (Wildman–Crippen LogP) is 3.02. The fourth-order valence-electron chi connectivity index (χ4n) is 1.43. The minimum atomic E-state index is -0.609. The Kier molecular flexibility index (Phi) is 5.14. The van der Waals surface area contributed by atoms with E-state index in [9.17, 15) is 8.78 Å². The summed E-state index contributed by atoms with van der Waals surface area (Å²) in [6.45, 7) is -0.0428. The summed E-state index contributed by atoms with van der Waals surface area (Å²) in [5, 5.41) is 8.73. The molecular weight excluding hydrogens is 300 g/mol. The Hall–Kier alpha value is -1.86. The zero-order chi connectivity index (χ0) is 14.4. The molecule has 0 aliphatic heterocycles. The summed E-state index contributed by atoms with van der Waals surface area (Å²) in [5.41, 5.74) is 2.53. The van der Waals surface area contributed by atoms with Crippen LogP contribution >= 0.6 is 23.6 Å². The number of rotatable bonds is 4. The van der Waals surface area contributed by atoms with Crippen LogP contribution in [0, 0.1) is 11.6 Å². The Morgan fingerprint density at radius 3 is 2.65 bits per heavy atom. The van der Waals surface area contributed by atoms with Crippen molar-refractivity contribution in [1.29, 1.82) is 0 Å². The highest BCUT2D eigenvalue weighted by Gasteiger charge is 2.08. The highest BCUT2D eigenvalue weighted by atomic mass is 32.1. The molecule has 0 spiro atoms. The molecule has 0 aliphatic rings. The third kappa shape index (κ3) is 4.07. The van der Waals surface area contributed by atoms with E-state index in [2.05, 4.69) is 15.8 Å². The lowest BCUT2D eigenvalue weighted by Crippen LogP contribution is -2.32. The lowest BCUT2D eigenvalue weighted by atomic mass is 10.2. The molecule has 0 bridgehead atoms. The third-order valence-corrected chi connectivity index (χ3v) is 3.43. The number of benzene rings is 1. The molecule has 0 amide bonds. The zero-order valence-electron chi connectivity index (χ0n) is 10.3. The predicted molar refractivity (Wildman–Crippen MR) is 80.8 cm³/mol. The molecule has 1 aromatic carbocycles. The second-order valence-electron chi connectivity index (χ2n) is 3.77. The number of thiocarbonyl (C=S) groups is 1. The van der Waals surface area contributed by atoms with Crippen LogP contribution in [0.4, 0.5) is 8.78 Å². The summed E-state index contributed by atoms with van der Waals surface area (Å²) >= 11 is 6.49. The molecule has 0 saturated heterocycles. The summed E-state index contributed by atoms with van der Waals surface area (Å²) in [4.78, 5) is 0.973. The van der Waals surface area contributed by atoms with Crippen LogP contribution in [0.3, 0.4) is 0 Å². The van der Waals surface area contributed by atoms with Gasteiger partial charge < -0.3 is 5.32 Å². The lowest BCUT2D eigenvalue weighted by molar-refractivity contribution is 0.551. The van der Waals surface area contributed by atoms with Crippen molar-refractivity contribution < 1.29 is 8.78 Å². The fraction of sp³-hybridized carbons (Fsp3) is 0.0769. The van der Waals surface area contributed by atoms with Gasteiger partial charge in [0.1, 0.15) is 11.6 Å². The SMILES string of the molecule is Fc1cccc(F)c1CNC(=S)N/N=C/c1cccs1. The van der Waals surface area contributed by atoms with Gasteiger partial charge in [0.2, 0.25) is 0 Å². The van der Waals surface area contributed by atoms with Crippen molar-refractivity contribution in [1.82, 2.24) is 10.7 Å². The van der Waals surface area contributed by atoms with Crippen molar-refractivity contribution in [3.8, 4) is 0 Å². The van der Waals surface area contributed by atoms with Crippen LogP contribution in [-0.2, 0) is 6.54 Å². The van der Waals surface area contributed by atoms with Gasteiger partial charge in [0.05, 0.1) is 6.21 Å². The van der Waals surface area contributed by atoms with Gasteiger partial charge in [0.15, 0.2) is 5.11 Å². The quantitative estimate of drug-likeness (QED) is 0.518. The van der Waals surface area contributed by atoms with Crippen molar-refractivity contribution in [3.63, 3.8) is 0 Å². The molecule has 0 radical (unpaired) electrons. The molecule has 20 heavy (non-hydrogen) atoms. The van der Waals surface area contributed by atoms with Crippen molar-refractivity contribution >= 4 is 34.9 Å². The Morgan fingerprint density at radius 1 is 1.25 bits per heavy atom. The van der Waals surface area contributed by atoms with Crippen LogP contribution in [0.2, 0.25) is 0 Å². The van der Waals surface area contributed by atoms with Gasteiger partial charge in [-0.25, -0.2) is 8.78 Å². The van der Waals surface area contributed by atoms with Gasteiger partial charge in [0, 0.05) is 17.0 Å². The van der Waals surface area contributed by atoms with Crippen molar-refractivity contribution in [2.24, 2.45) is 5.10 Å². The summed E-state index contributed by atoms with van der Waals surface area (Å²) in [7, 11) is 0. The Balaban J connectivity index is 1.83. The average molecular weight is 311 g/mol. The van der Waals surface area contributed by atoms with E-state index in [0.717, 1.165) is 4.88 Å². The van der Waals surface area contributed by atoms with Crippen molar-refractivity contribution in [2.45, 2.75) is 6.54 Å². The molecule has 3 nitrogen and oxygen atoms in total. The molecular formula is C13H11F2N3S2. The molecule has 0 fully saturated rings. The number of hydrogen-bond acceptors (Lipinski definition) is 3. The van der Waals surface area contributed by atoms with Gasteiger partial charge in [-0.15, -0.1) is 11.3 Å². The second kappa shape index (κ2) is 7.06. The van der Waals surface area contributed by atoms with Crippen molar-refractivity contribution in [2.75, 3.05) is 0 Å². The molecule has 0 saturated carbocycles.